The molecule has 14 heavy (non-hydrogen) atoms. The number of ether oxygens (including phenoxy) is 1. The molecule has 0 amide bonds. The Hall–Kier alpha value is -1.17. The summed E-state index contributed by atoms with van der Waals surface area (Å²) in [4.78, 5) is 3.31. The Bertz CT molecular complexity index is 329. The van der Waals surface area contributed by atoms with E-state index < -0.39 is 24.4 Å². The van der Waals surface area contributed by atoms with Crippen LogP contribution in [0.1, 0.15) is 0 Å². The van der Waals surface area contributed by atoms with Gasteiger partial charge in [-0.1, -0.05) is 11.6 Å². The monoisotopic (exact) mass is 227 g/mol. The van der Waals surface area contributed by atoms with Crippen molar-refractivity contribution in [2.75, 3.05) is 6.61 Å². The minimum Gasteiger partial charge on any atom is -0.491 e. The van der Waals surface area contributed by atoms with Crippen molar-refractivity contribution in [3.05, 3.63) is 17.3 Å². The highest BCUT2D eigenvalue weighted by atomic mass is 35.5. The Morgan fingerprint density at radius 1 is 1.50 bits per heavy atom. The molecule has 1 aromatic heterocycles. The molecule has 0 aliphatic carbocycles. The molecule has 1 aromatic rings. The number of hydrogen-bond donors (Lipinski definition) is 1. The van der Waals surface area contributed by atoms with Crippen LogP contribution in [0.4, 0.5) is 13.2 Å². The van der Waals surface area contributed by atoms with Crippen molar-refractivity contribution in [3.63, 3.8) is 0 Å². The molecule has 7 heteroatoms. The molecule has 0 aliphatic rings. The molecule has 3 nitrogen and oxygen atoms in total. The molecule has 0 unspecified atom stereocenters. The van der Waals surface area contributed by atoms with Gasteiger partial charge >= 0.3 is 6.18 Å². The number of halogens is 4. The zero-order chi connectivity index (χ0) is 10.8. The molecule has 78 valence electrons. The number of pyridine rings is 1. The third-order valence-corrected chi connectivity index (χ3v) is 1.40. The number of aromatic nitrogens is 1. The molecule has 0 saturated carbocycles. The second kappa shape index (κ2) is 3.91. The van der Waals surface area contributed by atoms with Crippen LogP contribution in [0.3, 0.4) is 0 Å². The van der Waals surface area contributed by atoms with E-state index in [0.717, 1.165) is 12.3 Å². The molecule has 0 radical (unpaired) electrons. The van der Waals surface area contributed by atoms with Crippen molar-refractivity contribution in [3.8, 4) is 11.6 Å². The van der Waals surface area contributed by atoms with Crippen molar-refractivity contribution >= 4 is 11.6 Å². The van der Waals surface area contributed by atoms with Crippen molar-refractivity contribution in [2.45, 2.75) is 6.18 Å². The minimum absolute atomic E-state index is 0.0833. The fourth-order valence-corrected chi connectivity index (χ4v) is 0.827. The first-order chi connectivity index (χ1) is 6.38. The van der Waals surface area contributed by atoms with Crippen LogP contribution in [0.25, 0.3) is 0 Å². The molecule has 0 spiro atoms. The van der Waals surface area contributed by atoms with Crippen LogP contribution in [0, 0.1) is 0 Å². The molecule has 0 aromatic carbocycles. The van der Waals surface area contributed by atoms with Crippen LogP contribution < -0.4 is 4.74 Å². The summed E-state index contributed by atoms with van der Waals surface area (Å²) in [6.07, 6.45) is -3.37. The number of nitrogens with zero attached hydrogens (tertiary/aromatic N) is 1. The van der Waals surface area contributed by atoms with E-state index >= 15 is 0 Å². The average Bonchev–Trinajstić information content (AvgIpc) is 2.05. The van der Waals surface area contributed by atoms with E-state index in [0.29, 0.717) is 0 Å². The summed E-state index contributed by atoms with van der Waals surface area (Å²) in [5.74, 6) is -1.02. The largest absolute Gasteiger partial charge is 0.491 e. The Balaban J connectivity index is 2.72. The van der Waals surface area contributed by atoms with Crippen LogP contribution in [0.5, 0.6) is 11.6 Å². The molecule has 0 atom stereocenters. The summed E-state index contributed by atoms with van der Waals surface area (Å²) in [5.41, 5.74) is 0. The van der Waals surface area contributed by atoms with Gasteiger partial charge in [-0.3, -0.25) is 0 Å². The summed E-state index contributed by atoms with van der Waals surface area (Å²) in [6.45, 7) is -1.50. The summed E-state index contributed by atoms with van der Waals surface area (Å²) in [6, 6.07) is 1.05. The van der Waals surface area contributed by atoms with E-state index in [4.69, 9.17) is 16.7 Å². The highest BCUT2D eigenvalue weighted by molar-refractivity contribution is 6.30. The predicted octanol–water partition coefficient (Wildman–Crippen LogP) is 2.38. The quantitative estimate of drug-likeness (QED) is 0.844. The van der Waals surface area contributed by atoms with Gasteiger partial charge in [0.1, 0.15) is 0 Å². The highest BCUT2D eigenvalue weighted by Gasteiger charge is 2.29. The van der Waals surface area contributed by atoms with Crippen molar-refractivity contribution in [2.24, 2.45) is 0 Å². The number of hydrogen-bond acceptors (Lipinski definition) is 3. The van der Waals surface area contributed by atoms with Gasteiger partial charge in [0.05, 0.1) is 5.02 Å². The molecule has 0 bridgehead atoms. The van der Waals surface area contributed by atoms with Gasteiger partial charge in [0.15, 0.2) is 12.4 Å². The van der Waals surface area contributed by atoms with Gasteiger partial charge in [0.2, 0.25) is 0 Å². The highest BCUT2D eigenvalue weighted by Crippen LogP contribution is 2.27. The van der Waals surface area contributed by atoms with E-state index in [1.807, 2.05) is 0 Å². The maximum absolute atomic E-state index is 11.7. The summed E-state index contributed by atoms with van der Waals surface area (Å²) < 4.78 is 39.4. The SMILES string of the molecule is Oc1ncc(Cl)cc1OCC(F)(F)F. The van der Waals surface area contributed by atoms with E-state index in [1.165, 1.54) is 0 Å². The fourth-order valence-electron chi connectivity index (χ4n) is 0.679. The predicted molar refractivity (Wildman–Crippen MR) is 42.5 cm³/mol. The van der Waals surface area contributed by atoms with Gasteiger partial charge < -0.3 is 9.84 Å². The van der Waals surface area contributed by atoms with E-state index in [-0.39, 0.29) is 5.02 Å². The first kappa shape index (κ1) is 10.9. The molecule has 0 aliphatic heterocycles. The lowest BCUT2D eigenvalue weighted by Gasteiger charge is -2.09. The third kappa shape index (κ3) is 3.29. The summed E-state index contributed by atoms with van der Waals surface area (Å²) >= 11 is 5.43. The lowest BCUT2D eigenvalue weighted by Crippen LogP contribution is -2.19. The topological polar surface area (TPSA) is 42.4 Å². The Kier molecular flexibility index (Phi) is 3.05. The van der Waals surface area contributed by atoms with E-state index in [2.05, 4.69) is 9.72 Å². The van der Waals surface area contributed by atoms with Gasteiger partial charge in [0.25, 0.3) is 5.88 Å². The van der Waals surface area contributed by atoms with Crippen LogP contribution >= 0.6 is 11.6 Å². The number of rotatable bonds is 2. The van der Waals surface area contributed by atoms with Crippen LogP contribution in [-0.4, -0.2) is 22.9 Å². The van der Waals surface area contributed by atoms with Crippen molar-refractivity contribution in [1.82, 2.24) is 4.98 Å². The molecule has 1 heterocycles. The maximum atomic E-state index is 11.7. The number of alkyl halides is 3. The Labute approximate surface area is 82.1 Å². The second-order valence-corrected chi connectivity index (χ2v) is 2.82. The zero-order valence-corrected chi connectivity index (χ0v) is 7.43. The minimum atomic E-state index is -4.46. The van der Waals surface area contributed by atoms with Crippen LogP contribution in [0.15, 0.2) is 12.3 Å². The molecule has 1 N–H and O–H groups in total. The van der Waals surface area contributed by atoms with Crippen molar-refractivity contribution < 1.29 is 23.0 Å². The van der Waals surface area contributed by atoms with Crippen molar-refractivity contribution in [1.29, 1.82) is 0 Å². The fraction of sp³-hybridized carbons (Fsp3) is 0.286. The van der Waals surface area contributed by atoms with Crippen LogP contribution in [0.2, 0.25) is 5.02 Å². The zero-order valence-electron chi connectivity index (χ0n) is 6.68. The maximum Gasteiger partial charge on any atom is 0.422 e. The summed E-state index contributed by atoms with van der Waals surface area (Å²) in [5, 5.41) is 9.05. The first-order valence-electron chi connectivity index (χ1n) is 3.42. The third-order valence-electron chi connectivity index (χ3n) is 1.19. The average molecular weight is 228 g/mol. The lowest BCUT2D eigenvalue weighted by molar-refractivity contribution is -0.153. The smallest absolute Gasteiger partial charge is 0.422 e. The normalized spacial score (nSPS) is 11.4. The Morgan fingerprint density at radius 2 is 2.14 bits per heavy atom. The van der Waals surface area contributed by atoms with Crippen LogP contribution in [-0.2, 0) is 0 Å². The molecule has 1 rings (SSSR count). The first-order valence-corrected chi connectivity index (χ1v) is 3.80. The lowest BCUT2D eigenvalue weighted by atomic mass is 10.4. The second-order valence-electron chi connectivity index (χ2n) is 2.38. The Morgan fingerprint density at radius 3 is 2.71 bits per heavy atom. The molecule has 0 fully saturated rings. The van der Waals surface area contributed by atoms with Gasteiger partial charge in [0, 0.05) is 12.3 Å². The molecular weight excluding hydrogens is 223 g/mol. The van der Waals surface area contributed by atoms with Gasteiger partial charge in [-0.2, -0.15) is 13.2 Å². The van der Waals surface area contributed by atoms with E-state index in [9.17, 15) is 13.2 Å². The molecule has 0 saturated heterocycles. The van der Waals surface area contributed by atoms with E-state index in [1.54, 1.807) is 0 Å². The number of aromatic hydroxyl groups is 1. The standard InChI is InChI=1S/C7H5ClF3NO2/c8-4-1-5(6(13)12-2-4)14-3-7(9,10)11/h1-2H,3H2,(H,12,13). The van der Waals surface area contributed by atoms with Gasteiger partial charge in [-0.05, 0) is 0 Å². The van der Waals surface area contributed by atoms with Gasteiger partial charge in [-0.25, -0.2) is 4.98 Å². The summed E-state index contributed by atoms with van der Waals surface area (Å²) in [7, 11) is 0. The van der Waals surface area contributed by atoms with Gasteiger partial charge in [-0.15, -0.1) is 0 Å². The molecular formula is C7H5ClF3NO2.